The third kappa shape index (κ3) is 3.43. The molecule has 0 amide bonds. The standard InChI is InChI=1S/C11H18N4O4/c1-6(2)5-8(11(16)17)13-9-10(15(18)19)12-7(3)14(9)4/h6,8,13H,5H2,1-4H3,(H,16,17). The lowest BCUT2D eigenvalue weighted by Crippen LogP contribution is -2.31. The minimum absolute atomic E-state index is 0.121. The number of nitrogens with one attached hydrogen (secondary N) is 1. The van der Waals surface area contributed by atoms with Gasteiger partial charge in [-0.05, 0) is 22.2 Å². The summed E-state index contributed by atoms with van der Waals surface area (Å²) in [5.74, 6) is -0.669. The molecule has 1 aromatic heterocycles. The molecule has 1 unspecified atom stereocenters. The second-order valence-electron chi connectivity index (χ2n) is 4.81. The van der Waals surface area contributed by atoms with Gasteiger partial charge in [0.15, 0.2) is 0 Å². The average Bonchev–Trinajstić information content (AvgIpc) is 2.55. The van der Waals surface area contributed by atoms with Crippen LogP contribution in [0.4, 0.5) is 11.6 Å². The van der Waals surface area contributed by atoms with E-state index < -0.39 is 16.9 Å². The van der Waals surface area contributed by atoms with Crippen LogP contribution in [-0.4, -0.2) is 31.6 Å². The molecule has 1 rings (SSSR count). The number of aryl methyl sites for hydroxylation is 1. The molecule has 0 spiro atoms. The summed E-state index contributed by atoms with van der Waals surface area (Å²) in [4.78, 5) is 25.3. The van der Waals surface area contributed by atoms with Crippen molar-refractivity contribution < 1.29 is 14.8 Å². The van der Waals surface area contributed by atoms with Crippen molar-refractivity contribution in [1.29, 1.82) is 0 Å². The van der Waals surface area contributed by atoms with Crippen molar-refractivity contribution in [1.82, 2.24) is 9.55 Å². The average molecular weight is 270 g/mol. The summed E-state index contributed by atoms with van der Waals surface area (Å²) in [6, 6.07) is -0.881. The van der Waals surface area contributed by atoms with E-state index in [1.807, 2.05) is 13.8 Å². The number of rotatable bonds is 6. The Morgan fingerprint density at radius 1 is 1.58 bits per heavy atom. The number of nitrogens with zero attached hydrogens (tertiary/aromatic N) is 3. The van der Waals surface area contributed by atoms with Gasteiger partial charge in [0.05, 0.1) is 0 Å². The second kappa shape index (κ2) is 5.68. The molecule has 1 aromatic rings. The van der Waals surface area contributed by atoms with E-state index in [-0.39, 0.29) is 17.6 Å². The minimum Gasteiger partial charge on any atom is -0.480 e. The molecule has 8 heteroatoms. The van der Waals surface area contributed by atoms with Crippen LogP contribution < -0.4 is 5.32 Å². The Hall–Kier alpha value is -2.12. The number of aliphatic carboxylic acids is 1. The minimum atomic E-state index is -1.04. The van der Waals surface area contributed by atoms with Crippen LogP contribution in [-0.2, 0) is 11.8 Å². The van der Waals surface area contributed by atoms with Crippen LogP contribution in [0.25, 0.3) is 0 Å². The number of imidazole rings is 1. The van der Waals surface area contributed by atoms with E-state index in [4.69, 9.17) is 5.11 Å². The van der Waals surface area contributed by atoms with Gasteiger partial charge in [0.1, 0.15) is 6.04 Å². The molecule has 8 nitrogen and oxygen atoms in total. The highest BCUT2D eigenvalue weighted by Gasteiger charge is 2.28. The summed E-state index contributed by atoms with van der Waals surface area (Å²) < 4.78 is 1.48. The van der Waals surface area contributed by atoms with E-state index in [9.17, 15) is 14.9 Å². The maximum atomic E-state index is 11.2. The molecular formula is C11H18N4O4. The van der Waals surface area contributed by atoms with Crippen molar-refractivity contribution in [3.63, 3.8) is 0 Å². The van der Waals surface area contributed by atoms with Crippen molar-refractivity contribution in [2.24, 2.45) is 13.0 Å². The molecule has 0 aliphatic heterocycles. The number of hydrogen-bond donors (Lipinski definition) is 2. The fourth-order valence-electron chi connectivity index (χ4n) is 1.74. The number of hydrogen-bond acceptors (Lipinski definition) is 5. The Balaban J connectivity index is 3.08. The number of aromatic nitrogens is 2. The summed E-state index contributed by atoms with van der Waals surface area (Å²) in [5, 5.41) is 22.8. The summed E-state index contributed by atoms with van der Waals surface area (Å²) >= 11 is 0. The quantitative estimate of drug-likeness (QED) is 0.599. The molecule has 0 aromatic carbocycles. The highest BCUT2D eigenvalue weighted by atomic mass is 16.6. The van der Waals surface area contributed by atoms with E-state index in [0.717, 1.165) is 0 Å². The summed E-state index contributed by atoms with van der Waals surface area (Å²) in [6.07, 6.45) is 0.372. The van der Waals surface area contributed by atoms with Crippen LogP contribution in [0.1, 0.15) is 26.1 Å². The largest absolute Gasteiger partial charge is 0.480 e. The summed E-state index contributed by atoms with van der Waals surface area (Å²) in [6.45, 7) is 5.40. The monoisotopic (exact) mass is 270 g/mol. The molecule has 0 aliphatic rings. The summed E-state index contributed by atoms with van der Waals surface area (Å²) in [5.41, 5.74) is 0. The Kier molecular flexibility index (Phi) is 4.47. The number of nitro groups is 1. The second-order valence-corrected chi connectivity index (χ2v) is 4.81. The zero-order valence-corrected chi connectivity index (χ0v) is 11.4. The van der Waals surface area contributed by atoms with Gasteiger partial charge in [0, 0.05) is 14.0 Å². The first kappa shape index (κ1) is 14.9. The third-order valence-corrected chi connectivity index (χ3v) is 2.79. The SMILES string of the molecule is Cc1nc([N+](=O)[O-])c(NC(CC(C)C)C(=O)O)n1C. The Morgan fingerprint density at radius 3 is 2.58 bits per heavy atom. The molecule has 0 bridgehead atoms. The van der Waals surface area contributed by atoms with Crippen molar-refractivity contribution in [3.05, 3.63) is 15.9 Å². The van der Waals surface area contributed by atoms with E-state index in [1.165, 1.54) is 4.57 Å². The van der Waals surface area contributed by atoms with Crippen LogP contribution in [0.15, 0.2) is 0 Å². The van der Waals surface area contributed by atoms with Gasteiger partial charge in [-0.2, -0.15) is 0 Å². The van der Waals surface area contributed by atoms with Gasteiger partial charge >= 0.3 is 11.8 Å². The zero-order valence-electron chi connectivity index (χ0n) is 11.4. The van der Waals surface area contributed by atoms with E-state index in [2.05, 4.69) is 10.3 Å². The molecular weight excluding hydrogens is 252 g/mol. The fraction of sp³-hybridized carbons (Fsp3) is 0.636. The Labute approximate surface area is 110 Å². The third-order valence-electron chi connectivity index (χ3n) is 2.79. The highest BCUT2D eigenvalue weighted by Crippen LogP contribution is 2.25. The number of carboxylic acid groups (broad SMARTS) is 1. The van der Waals surface area contributed by atoms with Crippen LogP contribution in [0.3, 0.4) is 0 Å². The van der Waals surface area contributed by atoms with Crippen LogP contribution in [0, 0.1) is 23.0 Å². The summed E-state index contributed by atoms with van der Waals surface area (Å²) in [7, 11) is 1.60. The van der Waals surface area contributed by atoms with Gasteiger partial charge in [-0.3, -0.25) is 4.57 Å². The van der Waals surface area contributed by atoms with Gasteiger partial charge < -0.3 is 20.5 Å². The molecule has 1 atom stereocenters. The maximum absolute atomic E-state index is 11.2. The van der Waals surface area contributed by atoms with Crippen molar-refractivity contribution in [2.75, 3.05) is 5.32 Å². The molecule has 0 radical (unpaired) electrons. The van der Waals surface area contributed by atoms with Crippen LogP contribution in [0.5, 0.6) is 0 Å². The van der Waals surface area contributed by atoms with Crippen LogP contribution in [0.2, 0.25) is 0 Å². The first-order valence-electron chi connectivity index (χ1n) is 5.91. The molecule has 0 aliphatic carbocycles. The first-order valence-corrected chi connectivity index (χ1v) is 5.91. The van der Waals surface area contributed by atoms with Crippen LogP contribution >= 0.6 is 0 Å². The van der Waals surface area contributed by atoms with Gasteiger partial charge in [0.25, 0.3) is 0 Å². The lowest BCUT2D eigenvalue weighted by molar-refractivity contribution is -0.388. The highest BCUT2D eigenvalue weighted by molar-refractivity contribution is 5.78. The topological polar surface area (TPSA) is 110 Å². The lowest BCUT2D eigenvalue weighted by Gasteiger charge is -2.17. The Morgan fingerprint density at radius 2 is 2.16 bits per heavy atom. The lowest BCUT2D eigenvalue weighted by atomic mass is 10.0. The van der Waals surface area contributed by atoms with Gasteiger partial charge in [-0.25, -0.2) is 4.79 Å². The maximum Gasteiger partial charge on any atom is 0.406 e. The smallest absolute Gasteiger partial charge is 0.406 e. The zero-order chi connectivity index (χ0) is 14.7. The first-order chi connectivity index (χ1) is 8.73. The van der Waals surface area contributed by atoms with Crippen molar-refractivity contribution >= 4 is 17.6 Å². The number of anilines is 1. The molecule has 1 heterocycles. The number of carboxylic acids is 1. The van der Waals surface area contributed by atoms with Gasteiger partial charge in [-0.1, -0.05) is 13.8 Å². The predicted octanol–water partition coefficient (Wildman–Crippen LogP) is 1.55. The molecule has 0 saturated heterocycles. The molecule has 19 heavy (non-hydrogen) atoms. The normalized spacial score (nSPS) is 12.5. The van der Waals surface area contributed by atoms with Gasteiger partial charge in [-0.15, -0.1) is 0 Å². The molecule has 2 N–H and O–H groups in total. The predicted molar refractivity (Wildman–Crippen MR) is 69.1 cm³/mol. The van der Waals surface area contributed by atoms with Crippen molar-refractivity contribution in [3.8, 4) is 0 Å². The fourth-order valence-corrected chi connectivity index (χ4v) is 1.74. The van der Waals surface area contributed by atoms with Gasteiger partial charge in [0.2, 0.25) is 11.6 Å². The number of carbonyl (C=O) groups is 1. The molecule has 106 valence electrons. The van der Waals surface area contributed by atoms with Crippen molar-refractivity contribution in [2.45, 2.75) is 33.2 Å². The van der Waals surface area contributed by atoms with E-state index >= 15 is 0 Å². The van der Waals surface area contributed by atoms with E-state index in [1.54, 1.807) is 14.0 Å². The van der Waals surface area contributed by atoms with E-state index in [0.29, 0.717) is 12.2 Å². The molecule has 0 saturated carbocycles. The Bertz CT molecular complexity index is 495. The molecule has 0 fully saturated rings.